The Hall–Kier alpha value is -3.54. The van der Waals surface area contributed by atoms with Crippen molar-refractivity contribution in [3.63, 3.8) is 0 Å². The smallest absolute Gasteiger partial charge is 0.143 e. The van der Waals surface area contributed by atoms with Crippen LogP contribution in [0.5, 0.6) is 5.75 Å². The standard InChI is InChI=1S/C24H23N5O/c1-17-12-20(23-15-25-10-8-22(23)18-6-7-18)14-21(13-17)30-11-9-19-4-2-3-5-24(19)29-16-26-27-28-29/h2-5,8,10,12-16,18H,6-7,9,11H2,1H3. The number of para-hydroxylation sites is 1. The summed E-state index contributed by atoms with van der Waals surface area (Å²) in [5.74, 6) is 1.56. The molecular formula is C24H23N5O. The lowest BCUT2D eigenvalue weighted by Crippen LogP contribution is -2.06. The Kier molecular flexibility index (Phi) is 4.97. The summed E-state index contributed by atoms with van der Waals surface area (Å²) in [7, 11) is 0. The van der Waals surface area contributed by atoms with Crippen molar-refractivity contribution in [2.24, 2.45) is 0 Å². The molecule has 4 aromatic rings. The van der Waals surface area contributed by atoms with E-state index < -0.39 is 0 Å². The van der Waals surface area contributed by atoms with Gasteiger partial charge in [-0.2, -0.15) is 0 Å². The highest BCUT2D eigenvalue weighted by atomic mass is 16.5. The van der Waals surface area contributed by atoms with Gasteiger partial charge < -0.3 is 4.74 Å². The minimum Gasteiger partial charge on any atom is -0.493 e. The number of rotatable bonds is 7. The molecule has 0 spiro atoms. The highest BCUT2D eigenvalue weighted by molar-refractivity contribution is 5.70. The Morgan fingerprint density at radius 1 is 1.10 bits per heavy atom. The highest BCUT2D eigenvalue weighted by Crippen LogP contribution is 2.44. The van der Waals surface area contributed by atoms with Crippen LogP contribution in [-0.2, 0) is 6.42 Å². The SMILES string of the molecule is Cc1cc(OCCc2ccccc2-n2cnnn2)cc(-c2cnccc2C2CC2)c1. The van der Waals surface area contributed by atoms with Crippen molar-refractivity contribution in [2.75, 3.05) is 6.61 Å². The van der Waals surface area contributed by atoms with Crippen molar-refractivity contribution >= 4 is 0 Å². The van der Waals surface area contributed by atoms with Gasteiger partial charge in [-0.3, -0.25) is 4.98 Å². The van der Waals surface area contributed by atoms with E-state index in [0.29, 0.717) is 12.5 Å². The molecule has 30 heavy (non-hydrogen) atoms. The third-order valence-electron chi connectivity index (χ3n) is 5.46. The number of ether oxygens (including phenoxy) is 1. The molecule has 5 rings (SSSR count). The summed E-state index contributed by atoms with van der Waals surface area (Å²) < 4.78 is 7.84. The molecule has 6 heteroatoms. The van der Waals surface area contributed by atoms with Crippen molar-refractivity contribution in [2.45, 2.75) is 32.1 Å². The Bertz CT molecular complexity index is 1150. The molecule has 150 valence electrons. The zero-order valence-corrected chi connectivity index (χ0v) is 16.9. The summed E-state index contributed by atoms with van der Waals surface area (Å²) in [5, 5.41) is 11.5. The first-order valence-corrected chi connectivity index (χ1v) is 10.3. The maximum Gasteiger partial charge on any atom is 0.143 e. The normalized spacial score (nSPS) is 13.4. The molecule has 0 unspecified atom stereocenters. The lowest BCUT2D eigenvalue weighted by Gasteiger charge is -2.13. The van der Waals surface area contributed by atoms with Crippen LogP contribution < -0.4 is 4.74 Å². The van der Waals surface area contributed by atoms with Gasteiger partial charge in [-0.1, -0.05) is 24.3 Å². The van der Waals surface area contributed by atoms with E-state index in [1.54, 1.807) is 11.0 Å². The second-order valence-electron chi connectivity index (χ2n) is 7.75. The number of aromatic nitrogens is 5. The van der Waals surface area contributed by atoms with E-state index in [-0.39, 0.29) is 0 Å². The van der Waals surface area contributed by atoms with Crippen LogP contribution in [-0.4, -0.2) is 31.8 Å². The fourth-order valence-corrected chi connectivity index (χ4v) is 3.88. The molecule has 0 aliphatic heterocycles. The number of hydrogen-bond acceptors (Lipinski definition) is 5. The molecule has 0 radical (unpaired) electrons. The van der Waals surface area contributed by atoms with Gasteiger partial charge in [0.15, 0.2) is 0 Å². The van der Waals surface area contributed by atoms with Crippen LogP contribution in [0.15, 0.2) is 67.3 Å². The first kappa shape index (κ1) is 18.5. The number of tetrazole rings is 1. The molecule has 2 aromatic heterocycles. The van der Waals surface area contributed by atoms with E-state index in [2.05, 4.69) is 57.8 Å². The van der Waals surface area contributed by atoms with Gasteiger partial charge in [0, 0.05) is 24.4 Å². The zero-order valence-electron chi connectivity index (χ0n) is 16.9. The monoisotopic (exact) mass is 397 g/mol. The van der Waals surface area contributed by atoms with E-state index in [4.69, 9.17) is 4.74 Å². The Morgan fingerprint density at radius 3 is 2.83 bits per heavy atom. The second kappa shape index (κ2) is 8.06. The van der Waals surface area contributed by atoms with Crippen molar-refractivity contribution in [1.29, 1.82) is 0 Å². The fraction of sp³-hybridized carbons (Fsp3) is 0.250. The lowest BCUT2D eigenvalue weighted by atomic mass is 9.97. The number of nitrogens with zero attached hydrogens (tertiary/aromatic N) is 5. The highest BCUT2D eigenvalue weighted by Gasteiger charge is 2.26. The number of hydrogen-bond donors (Lipinski definition) is 0. The van der Waals surface area contributed by atoms with E-state index in [1.165, 1.54) is 35.1 Å². The van der Waals surface area contributed by atoms with Gasteiger partial charge in [-0.15, -0.1) is 5.10 Å². The van der Waals surface area contributed by atoms with Gasteiger partial charge in [-0.25, -0.2) is 4.68 Å². The molecule has 1 aliphatic carbocycles. The predicted molar refractivity (Wildman–Crippen MR) is 115 cm³/mol. The molecule has 1 saturated carbocycles. The van der Waals surface area contributed by atoms with E-state index in [0.717, 1.165) is 23.4 Å². The maximum atomic E-state index is 6.16. The van der Waals surface area contributed by atoms with Gasteiger partial charge in [0.2, 0.25) is 0 Å². The van der Waals surface area contributed by atoms with E-state index in [1.807, 2.05) is 30.6 Å². The summed E-state index contributed by atoms with van der Waals surface area (Å²) >= 11 is 0. The van der Waals surface area contributed by atoms with Crippen LogP contribution in [0.25, 0.3) is 16.8 Å². The molecule has 1 aliphatic rings. The van der Waals surface area contributed by atoms with E-state index >= 15 is 0 Å². The average Bonchev–Trinajstić information content (AvgIpc) is 3.48. The zero-order chi connectivity index (χ0) is 20.3. The van der Waals surface area contributed by atoms with Crippen LogP contribution in [0.2, 0.25) is 0 Å². The predicted octanol–water partition coefficient (Wildman–Crippen LogP) is 4.53. The summed E-state index contributed by atoms with van der Waals surface area (Å²) in [4.78, 5) is 4.37. The van der Waals surface area contributed by atoms with Crippen molar-refractivity contribution in [3.8, 4) is 22.6 Å². The Labute approximate surface area is 175 Å². The topological polar surface area (TPSA) is 65.7 Å². The molecule has 0 amide bonds. The Balaban J connectivity index is 1.34. The molecular weight excluding hydrogens is 374 g/mol. The van der Waals surface area contributed by atoms with Gasteiger partial charge in [0.1, 0.15) is 12.1 Å². The van der Waals surface area contributed by atoms with Gasteiger partial charge in [0.25, 0.3) is 0 Å². The maximum absolute atomic E-state index is 6.16. The molecule has 0 bridgehead atoms. The minimum atomic E-state index is 0.574. The second-order valence-corrected chi connectivity index (χ2v) is 7.75. The van der Waals surface area contributed by atoms with Gasteiger partial charge in [-0.05, 0) is 82.6 Å². The van der Waals surface area contributed by atoms with Gasteiger partial charge >= 0.3 is 0 Å². The summed E-state index contributed by atoms with van der Waals surface area (Å²) in [6, 6.07) is 16.7. The average molecular weight is 397 g/mol. The van der Waals surface area contributed by atoms with Crippen LogP contribution in [0.1, 0.15) is 35.4 Å². The molecule has 2 heterocycles. The van der Waals surface area contributed by atoms with Crippen molar-refractivity contribution < 1.29 is 4.74 Å². The molecule has 6 nitrogen and oxygen atoms in total. The number of benzene rings is 2. The third kappa shape index (κ3) is 3.94. The first-order chi connectivity index (χ1) is 14.8. The summed E-state index contributed by atoms with van der Waals surface area (Å²) in [6.07, 6.45) is 8.79. The summed E-state index contributed by atoms with van der Waals surface area (Å²) in [5.41, 5.74) is 7.09. The van der Waals surface area contributed by atoms with Crippen molar-refractivity contribution in [3.05, 3.63) is 83.9 Å². The van der Waals surface area contributed by atoms with Crippen LogP contribution >= 0.6 is 0 Å². The molecule has 0 atom stereocenters. The van der Waals surface area contributed by atoms with Gasteiger partial charge in [0.05, 0.1) is 12.3 Å². The Morgan fingerprint density at radius 2 is 2.00 bits per heavy atom. The van der Waals surface area contributed by atoms with Crippen LogP contribution in [0.3, 0.4) is 0 Å². The summed E-state index contributed by atoms with van der Waals surface area (Å²) in [6.45, 7) is 2.68. The largest absolute Gasteiger partial charge is 0.493 e. The lowest BCUT2D eigenvalue weighted by molar-refractivity contribution is 0.321. The molecule has 0 N–H and O–H groups in total. The minimum absolute atomic E-state index is 0.574. The fourth-order valence-electron chi connectivity index (χ4n) is 3.88. The van der Waals surface area contributed by atoms with Crippen LogP contribution in [0, 0.1) is 6.92 Å². The van der Waals surface area contributed by atoms with Crippen LogP contribution in [0.4, 0.5) is 0 Å². The molecule has 2 aromatic carbocycles. The molecule has 0 saturated heterocycles. The van der Waals surface area contributed by atoms with E-state index in [9.17, 15) is 0 Å². The van der Waals surface area contributed by atoms with Crippen molar-refractivity contribution in [1.82, 2.24) is 25.2 Å². The quantitative estimate of drug-likeness (QED) is 0.458. The molecule has 1 fully saturated rings. The number of aryl methyl sites for hydroxylation is 1. The first-order valence-electron chi connectivity index (χ1n) is 10.3. The third-order valence-corrected chi connectivity index (χ3v) is 5.46. The number of pyridine rings is 1.